The van der Waals surface area contributed by atoms with Gasteiger partial charge in [-0.25, -0.2) is 4.39 Å². The van der Waals surface area contributed by atoms with E-state index in [1.807, 2.05) is 0 Å². The molecule has 124 valence electrons. The molecule has 0 atom stereocenters. The molecule has 3 N–H and O–H groups in total. The molecule has 23 heavy (non-hydrogen) atoms. The van der Waals surface area contributed by atoms with E-state index in [0.29, 0.717) is 10.5 Å². The molecular formula is C16H19BrFN3O2. The standard InChI is InChI=1S/C16H19BrFN3O2/c17-10-7-12(15(19)22)14(13(18)8-10)20-16(23)9-3-5-21(6-4-9)11-1-2-11/h7-9,11H,1-6H2,(H2,19,22)(H,20,23). The molecule has 2 amide bonds. The molecular weight excluding hydrogens is 365 g/mol. The fraction of sp³-hybridized carbons (Fsp3) is 0.500. The third kappa shape index (κ3) is 3.72. The van der Waals surface area contributed by atoms with E-state index >= 15 is 0 Å². The average molecular weight is 384 g/mol. The smallest absolute Gasteiger partial charge is 0.250 e. The van der Waals surface area contributed by atoms with Crippen molar-refractivity contribution in [3.05, 3.63) is 28.0 Å². The summed E-state index contributed by atoms with van der Waals surface area (Å²) in [7, 11) is 0. The normalized spacial score (nSPS) is 19.6. The molecule has 3 rings (SSSR count). The Morgan fingerprint density at radius 3 is 2.43 bits per heavy atom. The molecule has 5 nitrogen and oxygen atoms in total. The van der Waals surface area contributed by atoms with E-state index in [2.05, 4.69) is 26.1 Å². The van der Waals surface area contributed by atoms with Crippen LogP contribution >= 0.6 is 15.9 Å². The number of primary amides is 1. The third-order valence-corrected chi connectivity index (χ3v) is 4.99. The monoisotopic (exact) mass is 383 g/mol. The lowest BCUT2D eigenvalue weighted by Gasteiger charge is -2.31. The molecule has 0 unspecified atom stereocenters. The fourth-order valence-electron chi connectivity index (χ4n) is 3.09. The summed E-state index contributed by atoms with van der Waals surface area (Å²) >= 11 is 3.12. The summed E-state index contributed by atoms with van der Waals surface area (Å²) in [4.78, 5) is 26.3. The van der Waals surface area contributed by atoms with Crippen molar-refractivity contribution in [2.75, 3.05) is 18.4 Å². The lowest BCUT2D eigenvalue weighted by atomic mass is 9.95. The van der Waals surface area contributed by atoms with E-state index < -0.39 is 11.7 Å². The number of hydrogen-bond acceptors (Lipinski definition) is 3. The summed E-state index contributed by atoms with van der Waals surface area (Å²) in [5.41, 5.74) is 5.12. The van der Waals surface area contributed by atoms with Gasteiger partial charge in [0.05, 0.1) is 11.3 Å². The molecule has 2 fully saturated rings. The molecule has 7 heteroatoms. The molecule has 1 aromatic carbocycles. The van der Waals surface area contributed by atoms with Gasteiger partial charge in [-0.3, -0.25) is 9.59 Å². The maximum absolute atomic E-state index is 14.1. The van der Waals surface area contributed by atoms with Crippen LogP contribution in [0.15, 0.2) is 16.6 Å². The molecule has 0 aromatic heterocycles. The molecule has 1 aromatic rings. The van der Waals surface area contributed by atoms with Crippen LogP contribution in [-0.2, 0) is 4.79 Å². The van der Waals surface area contributed by atoms with Gasteiger partial charge in [-0.1, -0.05) is 15.9 Å². The van der Waals surface area contributed by atoms with Gasteiger partial charge in [-0.05, 0) is 50.9 Å². The summed E-state index contributed by atoms with van der Waals surface area (Å²) in [6, 6.07) is 3.32. The predicted octanol–water partition coefficient (Wildman–Crippen LogP) is 2.50. The number of anilines is 1. The van der Waals surface area contributed by atoms with E-state index in [9.17, 15) is 14.0 Å². The van der Waals surface area contributed by atoms with Crippen molar-refractivity contribution < 1.29 is 14.0 Å². The first-order valence-corrected chi connectivity index (χ1v) is 8.58. The number of halogens is 2. The minimum absolute atomic E-state index is 0.0272. The van der Waals surface area contributed by atoms with Crippen molar-refractivity contribution >= 4 is 33.4 Å². The molecule has 1 saturated heterocycles. The number of carbonyl (C=O) groups is 2. The molecule has 1 aliphatic carbocycles. The number of nitrogens with zero attached hydrogens (tertiary/aromatic N) is 1. The second-order valence-electron chi connectivity index (χ2n) is 6.21. The number of likely N-dealkylation sites (tertiary alicyclic amines) is 1. The summed E-state index contributed by atoms with van der Waals surface area (Å²) < 4.78 is 14.5. The first kappa shape index (κ1) is 16.4. The van der Waals surface area contributed by atoms with Gasteiger partial charge in [0.2, 0.25) is 5.91 Å². The summed E-state index contributed by atoms with van der Waals surface area (Å²) in [6.45, 7) is 1.79. The van der Waals surface area contributed by atoms with Crippen molar-refractivity contribution in [3.63, 3.8) is 0 Å². The number of rotatable bonds is 4. The van der Waals surface area contributed by atoms with Gasteiger partial charge in [-0.2, -0.15) is 0 Å². The van der Waals surface area contributed by atoms with Crippen LogP contribution in [0.1, 0.15) is 36.0 Å². The summed E-state index contributed by atoms with van der Waals surface area (Å²) in [5.74, 6) is -1.85. The lowest BCUT2D eigenvalue weighted by Crippen LogP contribution is -2.39. The first-order valence-electron chi connectivity index (χ1n) is 7.79. The zero-order valence-electron chi connectivity index (χ0n) is 12.6. The summed E-state index contributed by atoms with van der Waals surface area (Å²) in [6.07, 6.45) is 4.02. The van der Waals surface area contributed by atoms with Crippen molar-refractivity contribution in [1.82, 2.24) is 4.90 Å². The van der Waals surface area contributed by atoms with Crippen LogP contribution in [0.4, 0.5) is 10.1 Å². The van der Waals surface area contributed by atoms with Gasteiger partial charge >= 0.3 is 0 Å². The van der Waals surface area contributed by atoms with Gasteiger partial charge < -0.3 is 16.0 Å². The first-order chi connectivity index (χ1) is 11.0. The SMILES string of the molecule is NC(=O)c1cc(Br)cc(F)c1NC(=O)C1CCN(C2CC2)CC1. The number of hydrogen-bond donors (Lipinski definition) is 2. The topological polar surface area (TPSA) is 75.4 Å². The lowest BCUT2D eigenvalue weighted by molar-refractivity contribution is -0.121. The highest BCUT2D eigenvalue weighted by atomic mass is 79.9. The van der Waals surface area contributed by atoms with Crippen LogP contribution in [-0.4, -0.2) is 35.8 Å². The van der Waals surface area contributed by atoms with E-state index in [4.69, 9.17) is 5.73 Å². The molecule has 1 heterocycles. The Hall–Kier alpha value is -1.47. The Morgan fingerprint density at radius 1 is 1.22 bits per heavy atom. The zero-order valence-corrected chi connectivity index (χ0v) is 14.2. The quantitative estimate of drug-likeness (QED) is 0.838. The van der Waals surface area contributed by atoms with E-state index in [1.54, 1.807) is 0 Å². The van der Waals surface area contributed by atoms with Gasteiger partial charge in [0.15, 0.2) is 0 Å². The molecule has 0 radical (unpaired) electrons. The Labute approximate surface area is 142 Å². The zero-order chi connectivity index (χ0) is 16.6. The number of nitrogens with one attached hydrogen (secondary N) is 1. The van der Waals surface area contributed by atoms with E-state index in [1.165, 1.54) is 25.0 Å². The number of amides is 2. The minimum atomic E-state index is -0.774. The van der Waals surface area contributed by atoms with Crippen molar-refractivity contribution in [2.24, 2.45) is 11.7 Å². The van der Waals surface area contributed by atoms with Crippen LogP contribution < -0.4 is 11.1 Å². The maximum atomic E-state index is 14.1. The largest absolute Gasteiger partial charge is 0.366 e. The number of nitrogens with two attached hydrogens (primary N) is 1. The van der Waals surface area contributed by atoms with Gasteiger partial charge in [0, 0.05) is 16.4 Å². The van der Waals surface area contributed by atoms with Gasteiger partial charge in [-0.15, -0.1) is 0 Å². The number of piperidine rings is 1. The highest BCUT2D eigenvalue weighted by Crippen LogP contribution is 2.32. The highest BCUT2D eigenvalue weighted by molar-refractivity contribution is 9.10. The number of carbonyl (C=O) groups excluding carboxylic acids is 2. The van der Waals surface area contributed by atoms with E-state index in [0.717, 1.165) is 25.9 Å². The Morgan fingerprint density at radius 2 is 1.87 bits per heavy atom. The molecule has 2 aliphatic rings. The van der Waals surface area contributed by atoms with Crippen molar-refractivity contribution in [1.29, 1.82) is 0 Å². The Bertz CT molecular complexity index is 640. The van der Waals surface area contributed by atoms with Crippen LogP contribution in [0, 0.1) is 11.7 Å². The predicted molar refractivity (Wildman–Crippen MR) is 88.6 cm³/mol. The number of benzene rings is 1. The van der Waals surface area contributed by atoms with Crippen LogP contribution in [0.25, 0.3) is 0 Å². The molecule has 0 spiro atoms. The maximum Gasteiger partial charge on any atom is 0.250 e. The summed E-state index contributed by atoms with van der Waals surface area (Å²) in [5, 5.41) is 2.56. The average Bonchev–Trinajstić information content (AvgIpc) is 3.34. The third-order valence-electron chi connectivity index (χ3n) is 4.53. The van der Waals surface area contributed by atoms with Crippen LogP contribution in [0.2, 0.25) is 0 Å². The van der Waals surface area contributed by atoms with Gasteiger partial charge in [0.1, 0.15) is 5.82 Å². The Kier molecular flexibility index (Phi) is 4.68. The fourth-order valence-corrected chi connectivity index (χ4v) is 3.52. The van der Waals surface area contributed by atoms with Crippen molar-refractivity contribution in [2.45, 2.75) is 31.7 Å². The molecule has 1 saturated carbocycles. The molecule has 0 bridgehead atoms. The minimum Gasteiger partial charge on any atom is -0.366 e. The second kappa shape index (κ2) is 6.57. The highest BCUT2D eigenvalue weighted by Gasteiger charge is 2.34. The Balaban J connectivity index is 1.69. The van der Waals surface area contributed by atoms with Crippen molar-refractivity contribution in [3.8, 4) is 0 Å². The van der Waals surface area contributed by atoms with Crippen LogP contribution in [0.3, 0.4) is 0 Å². The van der Waals surface area contributed by atoms with E-state index in [-0.39, 0.29) is 23.1 Å². The molecule has 1 aliphatic heterocycles. The van der Waals surface area contributed by atoms with Crippen LogP contribution in [0.5, 0.6) is 0 Å². The van der Waals surface area contributed by atoms with Gasteiger partial charge in [0.25, 0.3) is 5.91 Å². The second-order valence-corrected chi connectivity index (χ2v) is 7.12.